The Morgan fingerprint density at radius 3 is 2.52 bits per heavy atom. The Morgan fingerprint density at radius 2 is 1.87 bits per heavy atom. The number of carbonyl (C=O) groups excluding carboxylic acids is 2. The number of para-hydroxylation sites is 1. The number of pyridine rings is 1. The monoisotopic (exact) mass is 463 g/mol. The molecule has 2 aromatic heterocycles. The number of benzene rings is 1. The number of anilines is 1. The van der Waals surface area contributed by atoms with Crippen LogP contribution in [0.15, 0.2) is 23.0 Å². The van der Waals surface area contributed by atoms with Gasteiger partial charge in [0.1, 0.15) is 5.65 Å². The molecule has 0 aliphatic heterocycles. The van der Waals surface area contributed by atoms with Crippen LogP contribution in [-0.2, 0) is 23.1 Å². The second-order valence-electron chi connectivity index (χ2n) is 7.38. The van der Waals surface area contributed by atoms with Gasteiger partial charge >= 0.3 is 0 Å². The van der Waals surface area contributed by atoms with Gasteiger partial charge in [-0.05, 0) is 38.0 Å². The minimum atomic E-state index is -0.424. The third-order valence-electron chi connectivity index (χ3n) is 5.18. The van der Waals surface area contributed by atoms with Crippen LogP contribution < -0.4 is 10.9 Å². The van der Waals surface area contributed by atoms with Crippen molar-refractivity contribution in [2.24, 2.45) is 7.05 Å². The maximum absolute atomic E-state index is 12.6. The molecule has 3 rings (SSSR count). The fourth-order valence-electron chi connectivity index (χ4n) is 3.58. The van der Waals surface area contributed by atoms with E-state index in [0.29, 0.717) is 26.9 Å². The van der Waals surface area contributed by atoms with Gasteiger partial charge in [0.2, 0.25) is 11.8 Å². The van der Waals surface area contributed by atoms with Gasteiger partial charge in [0.25, 0.3) is 5.56 Å². The third kappa shape index (κ3) is 4.75. The molecule has 1 aromatic carbocycles. The molecule has 2 heterocycles. The van der Waals surface area contributed by atoms with Crippen molar-refractivity contribution < 1.29 is 9.59 Å². The van der Waals surface area contributed by atoms with Gasteiger partial charge in [0.15, 0.2) is 0 Å². The molecule has 0 aliphatic rings. The van der Waals surface area contributed by atoms with Crippen molar-refractivity contribution in [1.29, 1.82) is 0 Å². The smallest absolute Gasteiger partial charge is 0.253 e. The molecule has 0 saturated heterocycles. The topological polar surface area (TPSA) is 100 Å². The quantitative estimate of drug-likeness (QED) is 0.585. The number of fused-ring (bicyclic) bond motifs is 1. The molecule has 0 saturated carbocycles. The number of rotatable bonds is 6. The first-order valence-electron chi connectivity index (χ1n) is 9.63. The van der Waals surface area contributed by atoms with Crippen molar-refractivity contribution in [1.82, 2.24) is 19.7 Å². The van der Waals surface area contributed by atoms with E-state index in [1.807, 2.05) is 13.8 Å². The Labute approximate surface area is 189 Å². The molecule has 0 unspecified atom stereocenters. The molecule has 31 heavy (non-hydrogen) atoms. The van der Waals surface area contributed by atoms with Crippen molar-refractivity contribution in [3.8, 4) is 0 Å². The van der Waals surface area contributed by atoms with E-state index >= 15 is 0 Å². The van der Waals surface area contributed by atoms with Crippen LogP contribution in [0, 0.1) is 13.8 Å². The number of carbonyl (C=O) groups is 2. The lowest BCUT2D eigenvalue weighted by molar-refractivity contribution is -0.133. The number of hydrogen-bond acceptors (Lipinski definition) is 4. The van der Waals surface area contributed by atoms with Gasteiger partial charge in [0, 0.05) is 31.5 Å². The highest BCUT2D eigenvalue weighted by Gasteiger charge is 2.19. The van der Waals surface area contributed by atoms with Gasteiger partial charge in [-0.1, -0.05) is 29.3 Å². The van der Waals surface area contributed by atoms with E-state index < -0.39 is 5.91 Å². The number of amides is 2. The van der Waals surface area contributed by atoms with Crippen molar-refractivity contribution in [3.63, 3.8) is 0 Å². The fourth-order valence-corrected chi connectivity index (χ4v) is 4.07. The van der Waals surface area contributed by atoms with Crippen molar-refractivity contribution in [2.75, 3.05) is 18.9 Å². The molecule has 10 heteroatoms. The molecule has 2 N–H and O–H groups in total. The SMILES string of the molecule is Cc1nn(C)c2[nH]c(=O)c(CCC(=O)N(C)CC(=O)Nc3c(Cl)cccc3Cl)c(C)c12. The van der Waals surface area contributed by atoms with Gasteiger partial charge in [-0.3, -0.25) is 19.1 Å². The second-order valence-corrected chi connectivity index (χ2v) is 8.20. The van der Waals surface area contributed by atoms with Crippen LogP contribution in [0.4, 0.5) is 5.69 Å². The van der Waals surface area contributed by atoms with Gasteiger partial charge in [-0.25, -0.2) is 0 Å². The Kier molecular flexibility index (Phi) is 6.71. The molecule has 0 radical (unpaired) electrons. The normalized spacial score (nSPS) is 11.0. The summed E-state index contributed by atoms with van der Waals surface area (Å²) in [6.07, 6.45) is 0.345. The minimum Gasteiger partial charge on any atom is -0.336 e. The number of likely N-dealkylation sites (N-methyl/N-ethyl adjacent to an activating group) is 1. The van der Waals surface area contributed by atoms with Crippen molar-refractivity contribution in [3.05, 3.63) is 55.4 Å². The zero-order valence-corrected chi connectivity index (χ0v) is 19.2. The number of hydrogen-bond donors (Lipinski definition) is 2. The number of aromatic amines is 1. The highest BCUT2D eigenvalue weighted by molar-refractivity contribution is 6.39. The second kappa shape index (κ2) is 9.11. The molecule has 8 nitrogen and oxygen atoms in total. The largest absolute Gasteiger partial charge is 0.336 e. The number of aromatic nitrogens is 3. The van der Waals surface area contributed by atoms with Crippen molar-refractivity contribution in [2.45, 2.75) is 26.7 Å². The molecular formula is C21H23Cl2N5O3. The lowest BCUT2D eigenvalue weighted by atomic mass is 10.0. The van der Waals surface area contributed by atoms with E-state index in [1.54, 1.807) is 29.9 Å². The number of H-pyrrole nitrogens is 1. The average molecular weight is 464 g/mol. The summed E-state index contributed by atoms with van der Waals surface area (Å²) in [6.45, 7) is 3.56. The zero-order chi connectivity index (χ0) is 22.9. The fraction of sp³-hybridized carbons (Fsp3) is 0.333. The Bertz CT molecular complexity index is 1210. The van der Waals surface area contributed by atoms with Crippen LogP contribution in [0.1, 0.15) is 23.2 Å². The summed E-state index contributed by atoms with van der Waals surface area (Å²) < 4.78 is 1.63. The first-order valence-corrected chi connectivity index (χ1v) is 10.4. The lowest BCUT2D eigenvalue weighted by Gasteiger charge is -2.18. The van der Waals surface area contributed by atoms with E-state index in [4.69, 9.17) is 23.2 Å². The molecule has 164 valence electrons. The van der Waals surface area contributed by atoms with Crippen molar-refractivity contribution >= 4 is 51.7 Å². The van der Waals surface area contributed by atoms with Gasteiger partial charge in [-0.15, -0.1) is 0 Å². The molecule has 3 aromatic rings. The summed E-state index contributed by atoms with van der Waals surface area (Å²) in [7, 11) is 3.30. The number of aryl methyl sites for hydroxylation is 3. The van der Waals surface area contributed by atoms with Gasteiger partial charge in [0.05, 0.1) is 28.0 Å². The van der Waals surface area contributed by atoms with E-state index in [1.165, 1.54) is 11.9 Å². The highest BCUT2D eigenvalue weighted by Crippen LogP contribution is 2.29. The Morgan fingerprint density at radius 1 is 1.23 bits per heavy atom. The van der Waals surface area contributed by atoms with Gasteiger partial charge < -0.3 is 15.2 Å². The van der Waals surface area contributed by atoms with Gasteiger partial charge in [-0.2, -0.15) is 5.10 Å². The van der Waals surface area contributed by atoms with E-state index in [0.717, 1.165) is 16.6 Å². The summed E-state index contributed by atoms with van der Waals surface area (Å²) in [4.78, 5) is 41.6. The maximum atomic E-state index is 12.6. The van der Waals surface area contributed by atoms with E-state index in [9.17, 15) is 14.4 Å². The molecule has 2 amide bonds. The average Bonchev–Trinajstić information content (AvgIpc) is 2.97. The minimum absolute atomic E-state index is 0.0887. The van der Waals surface area contributed by atoms with E-state index in [-0.39, 0.29) is 30.9 Å². The summed E-state index contributed by atoms with van der Waals surface area (Å²) in [6, 6.07) is 4.89. The number of halogens is 2. The zero-order valence-electron chi connectivity index (χ0n) is 17.7. The van der Waals surface area contributed by atoms with Crippen LogP contribution in [0.25, 0.3) is 11.0 Å². The van der Waals surface area contributed by atoms with Crippen LogP contribution in [-0.4, -0.2) is 45.1 Å². The summed E-state index contributed by atoms with van der Waals surface area (Å²) >= 11 is 12.1. The number of nitrogens with zero attached hydrogens (tertiary/aromatic N) is 3. The third-order valence-corrected chi connectivity index (χ3v) is 5.81. The standard InChI is InChI=1S/C21H23Cl2N5O3/c1-11-13(21(31)25-20-18(11)12(2)26-28(20)4)8-9-17(30)27(3)10-16(29)24-19-14(22)6-5-7-15(19)23/h5-7H,8-10H2,1-4H3,(H,24,29)(H,25,31). The first kappa shape index (κ1) is 22.8. The molecule has 0 fully saturated rings. The van der Waals surface area contributed by atoms with Crippen LogP contribution in [0.3, 0.4) is 0 Å². The Balaban J connectivity index is 1.66. The summed E-state index contributed by atoms with van der Waals surface area (Å²) in [5.74, 6) is -0.686. The highest BCUT2D eigenvalue weighted by atomic mass is 35.5. The maximum Gasteiger partial charge on any atom is 0.253 e. The number of nitrogens with one attached hydrogen (secondary N) is 2. The molecule has 0 bridgehead atoms. The van der Waals surface area contributed by atoms with Crippen LogP contribution in [0.5, 0.6) is 0 Å². The molecule has 0 spiro atoms. The van der Waals surface area contributed by atoms with Crippen LogP contribution in [0.2, 0.25) is 10.0 Å². The Hall–Kier alpha value is -2.84. The first-order chi connectivity index (χ1) is 14.6. The predicted octanol–water partition coefficient (Wildman–Crippen LogP) is 3.21. The predicted molar refractivity (Wildman–Crippen MR) is 122 cm³/mol. The van der Waals surface area contributed by atoms with E-state index in [2.05, 4.69) is 15.4 Å². The summed E-state index contributed by atoms with van der Waals surface area (Å²) in [5, 5.41) is 8.47. The molecule has 0 atom stereocenters. The molecule has 0 aliphatic carbocycles. The summed E-state index contributed by atoms with van der Waals surface area (Å²) in [5.41, 5.74) is 2.88. The molecular weight excluding hydrogens is 441 g/mol. The lowest BCUT2D eigenvalue weighted by Crippen LogP contribution is -2.35. The van der Waals surface area contributed by atoms with Crippen LogP contribution >= 0.6 is 23.2 Å².